The summed E-state index contributed by atoms with van der Waals surface area (Å²) < 4.78 is 41.2. The van der Waals surface area contributed by atoms with Crippen molar-refractivity contribution in [3.63, 3.8) is 0 Å². The summed E-state index contributed by atoms with van der Waals surface area (Å²) in [5, 5.41) is 0.738. The largest absolute Gasteiger partial charge is 0.457 e. The average Bonchev–Trinajstić information content (AvgIpc) is 2.93. The molecule has 2 heterocycles. The molecule has 0 saturated carbocycles. The first-order valence-electron chi connectivity index (χ1n) is 6.54. The quantitative estimate of drug-likeness (QED) is 0.860. The van der Waals surface area contributed by atoms with E-state index in [1.807, 2.05) is 0 Å². The number of esters is 1. The molecule has 2 aromatic rings. The minimum absolute atomic E-state index is 0.0436. The second-order valence-corrected chi connectivity index (χ2v) is 7.53. The number of aromatic nitrogens is 1. The van der Waals surface area contributed by atoms with Crippen molar-refractivity contribution in [1.29, 1.82) is 0 Å². The normalized spacial score (nSPS) is 20.8. The number of nitrogens with one attached hydrogen (secondary N) is 1. The molecule has 1 fully saturated rings. The van der Waals surface area contributed by atoms with Gasteiger partial charge in [-0.05, 0) is 37.1 Å². The number of aromatic amines is 1. The number of H-pyrrole nitrogens is 1. The molecule has 1 aliphatic rings. The predicted octanol–water partition coefficient (Wildman–Crippen LogP) is 1.96. The highest BCUT2D eigenvalue weighted by molar-refractivity contribution is 7.91. The standard InChI is InChI=1S/C14H14FNO4S/c1-8-4-9(15)5-12-11(8)6-13(16-12)14(17)20-10-2-3-21(18,19)7-10/h4-6,10,16H,2-3,7H2,1H3/t10-/m0/s1. The van der Waals surface area contributed by atoms with E-state index in [9.17, 15) is 17.6 Å². The summed E-state index contributed by atoms with van der Waals surface area (Å²) in [6.07, 6.45) is -0.283. The highest BCUT2D eigenvalue weighted by Gasteiger charge is 2.31. The lowest BCUT2D eigenvalue weighted by Gasteiger charge is -2.08. The molecule has 0 radical (unpaired) electrons. The van der Waals surface area contributed by atoms with Crippen LogP contribution in [0.15, 0.2) is 18.2 Å². The molecule has 0 unspecified atom stereocenters. The van der Waals surface area contributed by atoms with E-state index < -0.39 is 21.9 Å². The van der Waals surface area contributed by atoms with Gasteiger partial charge < -0.3 is 9.72 Å². The number of carbonyl (C=O) groups excluding carboxylic acids is 1. The number of rotatable bonds is 2. The molecule has 1 N–H and O–H groups in total. The van der Waals surface area contributed by atoms with Gasteiger partial charge in [0.25, 0.3) is 0 Å². The average molecular weight is 311 g/mol. The van der Waals surface area contributed by atoms with E-state index >= 15 is 0 Å². The minimum atomic E-state index is -3.10. The van der Waals surface area contributed by atoms with E-state index in [1.165, 1.54) is 12.1 Å². The first kappa shape index (κ1) is 14.1. The second-order valence-electron chi connectivity index (χ2n) is 5.30. The maximum Gasteiger partial charge on any atom is 0.355 e. The summed E-state index contributed by atoms with van der Waals surface area (Å²) in [6, 6.07) is 4.28. The van der Waals surface area contributed by atoms with Gasteiger partial charge in [0.2, 0.25) is 0 Å². The Morgan fingerprint density at radius 2 is 2.14 bits per heavy atom. The van der Waals surface area contributed by atoms with E-state index in [0.29, 0.717) is 17.5 Å². The molecule has 1 saturated heterocycles. The van der Waals surface area contributed by atoms with Crippen molar-refractivity contribution in [2.75, 3.05) is 11.5 Å². The lowest BCUT2D eigenvalue weighted by atomic mass is 10.1. The van der Waals surface area contributed by atoms with Gasteiger partial charge in [0.05, 0.1) is 11.5 Å². The van der Waals surface area contributed by atoms with Crippen molar-refractivity contribution in [2.24, 2.45) is 0 Å². The second kappa shape index (κ2) is 4.84. The summed E-state index contributed by atoms with van der Waals surface area (Å²) in [7, 11) is -3.10. The van der Waals surface area contributed by atoms with Crippen LogP contribution in [-0.4, -0.2) is 37.0 Å². The SMILES string of the molecule is Cc1cc(F)cc2[nH]c(C(=O)O[C@H]3CCS(=O)(=O)C3)cc12. The fourth-order valence-corrected chi connectivity index (χ4v) is 4.14. The zero-order valence-electron chi connectivity index (χ0n) is 11.3. The van der Waals surface area contributed by atoms with Crippen LogP contribution >= 0.6 is 0 Å². The smallest absolute Gasteiger partial charge is 0.355 e. The fourth-order valence-electron chi connectivity index (χ4n) is 2.55. The van der Waals surface area contributed by atoms with Gasteiger partial charge in [0, 0.05) is 10.9 Å². The molecule has 7 heteroatoms. The topological polar surface area (TPSA) is 76.2 Å². The Morgan fingerprint density at radius 3 is 2.81 bits per heavy atom. The Balaban J connectivity index is 1.84. The number of carbonyl (C=O) groups is 1. The van der Waals surface area contributed by atoms with Crippen molar-refractivity contribution in [2.45, 2.75) is 19.4 Å². The Hall–Kier alpha value is -1.89. The minimum Gasteiger partial charge on any atom is -0.457 e. The fraction of sp³-hybridized carbons (Fsp3) is 0.357. The first-order valence-corrected chi connectivity index (χ1v) is 8.36. The summed E-state index contributed by atoms with van der Waals surface area (Å²) in [4.78, 5) is 14.8. The van der Waals surface area contributed by atoms with E-state index in [0.717, 1.165) is 5.39 Å². The Bertz CT molecular complexity index is 825. The molecule has 3 rings (SSSR count). The maximum absolute atomic E-state index is 13.3. The van der Waals surface area contributed by atoms with E-state index in [-0.39, 0.29) is 23.0 Å². The Labute approximate surface area is 121 Å². The van der Waals surface area contributed by atoms with Crippen LogP contribution in [0.2, 0.25) is 0 Å². The van der Waals surface area contributed by atoms with Gasteiger partial charge in [0.1, 0.15) is 17.6 Å². The molecule has 5 nitrogen and oxygen atoms in total. The number of aryl methyl sites for hydroxylation is 1. The third-order valence-electron chi connectivity index (χ3n) is 3.59. The summed E-state index contributed by atoms with van der Waals surface area (Å²) in [5.41, 5.74) is 1.42. The predicted molar refractivity (Wildman–Crippen MR) is 75.5 cm³/mol. The van der Waals surface area contributed by atoms with Crippen molar-refractivity contribution < 1.29 is 22.3 Å². The first-order chi connectivity index (χ1) is 9.84. The number of halogens is 1. The summed E-state index contributed by atoms with van der Waals surface area (Å²) in [5.74, 6) is -1.09. The number of ether oxygens (including phenoxy) is 1. The van der Waals surface area contributed by atoms with Gasteiger partial charge >= 0.3 is 5.97 Å². The lowest BCUT2D eigenvalue weighted by Crippen LogP contribution is -2.19. The molecular formula is C14H14FNO4S. The monoisotopic (exact) mass is 311 g/mol. The highest BCUT2D eigenvalue weighted by atomic mass is 32.2. The molecule has 1 aliphatic heterocycles. The van der Waals surface area contributed by atoms with Gasteiger partial charge in [-0.1, -0.05) is 0 Å². The third-order valence-corrected chi connectivity index (χ3v) is 5.33. The van der Waals surface area contributed by atoms with Crippen LogP contribution in [0.1, 0.15) is 22.5 Å². The molecule has 0 amide bonds. The molecule has 1 atom stereocenters. The van der Waals surface area contributed by atoms with Gasteiger partial charge in [-0.25, -0.2) is 17.6 Å². The highest BCUT2D eigenvalue weighted by Crippen LogP contribution is 2.23. The number of sulfone groups is 1. The van der Waals surface area contributed by atoms with Crippen LogP contribution in [0.3, 0.4) is 0 Å². The van der Waals surface area contributed by atoms with Crippen molar-refractivity contribution in [3.05, 3.63) is 35.3 Å². The molecule has 21 heavy (non-hydrogen) atoms. The molecular weight excluding hydrogens is 297 g/mol. The van der Waals surface area contributed by atoms with Crippen LogP contribution in [0.4, 0.5) is 4.39 Å². The zero-order chi connectivity index (χ0) is 15.2. The van der Waals surface area contributed by atoms with Gasteiger partial charge in [-0.2, -0.15) is 0 Å². The van der Waals surface area contributed by atoms with Crippen LogP contribution < -0.4 is 0 Å². The van der Waals surface area contributed by atoms with Crippen molar-refractivity contribution in [3.8, 4) is 0 Å². The third kappa shape index (κ3) is 2.78. The van der Waals surface area contributed by atoms with Gasteiger partial charge in [-0.3, -0.25) is 0 Å². The zero-order valence-corrected chi connectivity index (χ0v) is 12.2. The number of hydrogen-bond acceptors (Lipinski definition) is 4. The number of benzene rings is 1. The van der Waals surface area contributed by atoms with E-state index in [2.05, 4.69) is 4.98 Å². The molecule has 1 aromatic heterocycles. The lowest BCUT2D eigenvalue weighted by molar-refractivity contribution is 0.0350. The van der Waals surface area contributed by atoms with Gasteiger partial charge in [0.15, 0.2) is 9.84 Å². The maximum atomic E-state index is 13.3. The molecule has 112 valence electrons. The van der Waals surface area contributed by atoms with Crippen molar-refractivity contribution in [1.82, 2.24) is 4.98 Å². The molecule has 1 aromatic carbocycles. The van der Waals surface area contributed by atoms with Crippen LogP contribution in [0, 0.1) is 12.7 Å². The van der Waals surface area contributed by atoms with Gasteiger partial charge in [-0.15, -0.1) is 0 Å². The van der Waals surface area contributed by atoms with Crippen LogP contribution in [0.5, 0.6) is 0 Å². The van der Waals surface area contributed by atoms with E-state index in [1.54, 1.807) is 13.0 Å². The summed E-state index contributed by atoms with van der Waals surface area (Å²) >= 11 is 0. The van der Waals surface area contributed by atoms with E-state index in [4.69, 9.17) is 4.74 Å². The Kier molecular flexibility index (Phi) is 3.24. The molecule has 0 aliphatic carbocycles. The van der Waals surface area contributed by atoms with Crippen LogP contribution in [-0.2, 0) is 14.6 Å². The molecule has 0 bridgehead atoms. The Morgan fingerprint density at radius 1 is 1.38 bits per heavy atom. The molecule has 0 spiro atoms. The number of hydrogen-bond donors (Lipinski definition) is 1. The van der Waals surface area contributed by atoms with Crippen molar-refractivity contribution >= 4 is 26.7 Å². The summed E-state index contributed by atoms with van der Waals surface area (Å²) in [6.45, 7) is 1.75. The number of fused-ring (bicyclic) bond motifs is 1. The van der Waals surface area contributed by atoms with Crippen LogP contribution in [0.25, 0.3) is 10.9 Å².